The third-order valence-corrected chi connectivity index (χ3v) is 6.44. The van der Waals surface area contributed by atoms with Gasteiger partial charge in [-0.1, -0.05) is 67.1 Å². The van der Waals surface area contributed by atoms with Crippen LogP contribution >= 0.6 is 11.8 Å². The van der Waals surface area contributed by atoms with Crippen LogP contribution in [0.4, 0.5) is 0 Å². The van der Waals surface area contributed by atoms with E-state index in [1.165, 1.54) is 38.8 Å². The fourth-order valence-corrected chi connectivity index (χ4v) is 4.94. The molecule has 0 bridgehead atoms. The van der Waals surface area contributed by atoms with E-state index in [9.17, 15) is 4.79 Å². The van der Waals surface area contributed by atoms with Crippen molar-refractivity contribution in [3.8, 4) is 0 Å². The number of likely N-dealkylation sites (tertiary alicyclic amines) is 1. The highest BCUT2D eigenvalue weighted by molar-refractivity contribution is 8.05. The molecule has 4 rings (SSSR count). The lowest BCUT2D eigenvalue weighted by molar-refractivity contribution is 0.104. The van der Waals surface area contributed by atoms with E-state index in [4.69, 9.17) is 0 Å². The Bertz CT molecular complexity index is 823. The van der Waals surface area contributed by atoms with Gasteiger partial charge in [0.1, 0.15) is 0 Å². The number of hydrogen-bond acceptors (Lipinski definition) is 4. The van der Waals surface area contributed by atoms with Crippen LogP contribution in [-0.2, 0) is 0 Å². The van der Waals surface area contributed by atoms with Crippen LogP contribution in [0.2, 0.25) is 0 Å². The molecular formula is C23H26N2OS. The number of hydrogen-bond donors (Lipinski definition) is 1. The average Bonchev–Trinajstić information content (AvgIpc) is 2.87. The highest BCUT2D eigenvalue weighted by Gasteiger charge is 2.29. The molecule has 2 aromatic rings. The van der Waals surface area contributed by atoms with Crippen LogP contribution in [0.25, 0.3) is 5.70 Å². The molecule has 2 aliphatic heterocycles. The summed E-state index contributed by atoms with van der Waals surface area (Å²) in [6, 6.07) is 18.1. The minimum Gasteiger partial charge on any atom is -0.382 e. The molecule has 2 heterocycles. The predicted octanol–water partition coefficient (Wildman–Crippen LogP) is 4.81. The van der Waals surface area contributed by atoms with E-state index >= 15 is 0 Å². The Labute approximate surface area is 165 Å². The highest BCUT2D eigenvalue weighted by Crippen LogP contribution is 2.42. The lowest BCUT2D eigenvalue weighted by Gasteiger charge is -2.21. The number of carbonyl (C=O) groups is 1. The van der Waals surface area contributed by atoms with Crippen LogP contribution in [0.1, 0.15) is 41.6 Å². The van der Waals surface area contributed by atoms with Crippen LogP contribution in [0, 0.1) is 0 Å². The summed E-state index contributed by atoms with van der Waals surface area (Å²) >= 11 is 1.59. The number of benzene rings is 2. The monoisotopic (exact) mass is 378 g/mol. The molecule has 1 N–H and O–H groups in total. The summed E-state index contributed by atoms with van der Waals surface area (Å²) in [6.45, 7) is 4.27. The number of ketones is 1. The standard InChI is InChI=1S/C23H26N2OS/c26-22-19-12-6-7-13-20(19)27-23(22)21(18-10-4-3-5-11-18)24-14-17-25-15-8-1-2-9-16-25/h3-7,10-13,24H,1-2,8-9,14-17H2. The highest BCUT2D eigenvalue weighted by atomic mass is 32.2. The minimum atomic E-state index is 0.136. The van der Waals surface area contributed by atoms with Crippen molar-refractivity contribution < 1.29 is 4.79 Å². The zero-order chi connectivity index (χ0) is 18.5. The first-order chi connectivity index (χ1) is 13.3. The van der Waals surface area contributed by atoms with Crippen LogP contribution in [0.15, 0.2) is 64.4 Å². The number of rotatable bonds is 5. The van der Waals surface area contributed by atoms with Gasteiger partial charge in [-0.25, -0.2) is 0 Å². The molecule has 0 aromatic heterocycles. The second-order valence-electron chi connectivity index (χ2n) is 7.18. The largest absolute Gasteiger partial charge is 0.382 e. The maximum Gasteiger partial charge on any atom is 0.202 e. The Morgan fingerprint density at radius 3 is 2.37 bits per heavy atom. The molecule has 0 spiro atoms. The summed E-state index contributed by atoms with van der Waals surface area (Å²) in [5.41, 5.74) is 2.87. The molecule has 0 unspecified atom stereocenters. The van der Waals surface area contributed by atoms with E-state index in [2.05, 4.69) is 22.3 Å². The quantitative estimate of drug-likeness (QED) is 0.757. The number of fused-ring (bicyclic) bond motifs is 1. The average molecular weight is 379 g/mol. The van der Waals surface area contributed by atoms with Gasteiger partial charge in [0.15, 0.2) is 0 Å². The van der Waals surface area contributed by atoms with Crippen LogP contribution in [0.3, 0.4) is 0 Å². The van der Waals surface area contributed by atoms with Crippen molar-refractivity contribution in [3.63, 3.8) is 0 Å². The molecule has 1 saturated heterocycles. The first kappa shape index (κ1) is 18.3. The van der Waals surface area contributed by atoms with Crippen LogP contribution in [0.5, 0.6) is 0 Å². The number of nitrogens with one attached hydrogen (secondary N) is 1. The van der Waals surface area contributed by atoms with E-state index in [0.717, 1.165) is 39.7 Å². The maximum atomic E-state index is 13.0. The molecular weight excluding hydrogens is 352 g/mol. The normalized spacial score (nSPS) is 19.5. The summed E-state index contributed by atoms with van der Waals surface area (Å²) in [5.74, 6) is 0.136. The second-order valence-corrected chi connectivity index (χ2v) is 8.23. The van der Waals surface area contributed by atoms with Crippen LogP contribution in [-0.4, -0.2) is 36.9 Å². The number of nitrogens with zero attached hydrogens (tertiary/aromatic N) is 1. The molecule has 0 aliphatic carbocycles. The Morgan fingerprint density at radius 1 is 0.926 bits per heavy atom. The van der Waals surface area contributed by atoms with Gasteiger partial charge < -0.3 is 10.2 Å². The van der Waals surface area contributed by atoms with Gasteiger partial charge in [-0.3, -0.25) is 4.79 Å². The summed E-state index contributed by atoms with van der Waals surface area (Å²) in [6.07, 6.45) is 5.31. The molecule has 0 amide bonds. The van der Waals surface area contributed by atoms with Gasteiger partial charge in [-0.05, 0) is 43.6 Å². The second kappa shape index (κ2) is 8.77. The Balaban J connectivity index is 1.55. The summed E-state index contributed by atoms with van der Waals surface area (Å²) in [7, 11) is 0. The molecule has 2 aromatic carbocycles. The van der Waals surface area contributed by atoms with Gasteiger partial charge in [0.25, 0.3) is 0 Å². The molecule has 0 radical (unpaired) electrons. The predicted molar refractivity (Wildman–Crippen MR) is 113 cm³/mol. The third kappa shape index (κ3) is 4.28. The minimum absolute atomic E-state index is 0.136. The number of thioether (sulfide) groups is 1. The van der Waals surface area contributed by atoms with Crippen molar-refractivity contribution in [1.29, 1.82) is 0 Å². The van der Waals surface area contributed by atoms with Crippen molar-refractivity contribution in [3.05, 3.63) is 70.6 Å². The van der Waals surface area contributed by atoms with E-state index in [0.29, 0.717) is 0 Å². The van der Waals surface area contributed by atoms with E-state index in [1.54, 1.807) is 11.8 Å². The smallest absolute Gasteiger partial charge is 0.202 e. The zero-order valence-corrected chi connectivity index (χ0v) is 16.4. The Morgan fingerprint density at radius 2 is 1.63 bits per heavy atom. The number of Topliss-reactive ketones (excluding diaryl/α,β-unsaturated/α-hetero) is 1. The summed E-state index contributed by atoms with van der Waals surface area (Å²) < 4.78 is 0. The molecule has 3 nitrogen and oxygen atoms in total. The van der Waals surface area contributed by atoms with Crippen molar-refractivity contribution in [2.24, 2.45) is 0 Å². The topological polar surface area (TPSA) is 32.3 Å². The van der Waals surface area contributed by atoms with Gasteiger partial charge in [-0.2, -0.15) is 0 Å². The number of carbonyl (C=O) groups excluding carboxylic acids is 1. The van der Waals surface area contributed by atoms with E-state index in [1.807, 2.05) is 42.5 Å². The molecule has 27 heavy (non-hydrogen) atoms. The van der Waals surface area contributed by atoms with E-state index < -0.39 is 0 Å². The lowest BCUT2D eigenvalue weighted by Crippen LogP contribution is -2.32. The van der Waals surface area contributed by atoms with Gasteiger partial charge >= 0.3 is 0 Å². The molecule has 2 aliphatic rings. The van der Waals surface area contributed by atoms with Crippen LogP contribution < -0.4 is 5.32 Å². The van der Waals surface area contributed by atoms with Crippen molar-refractivity contribution in [2.45, 2.75) is 30.6 Å². The van der Waals surface area contributed by atoms with Gasteiger partial charge in [0.05, 0.1) is 10.6 Å². The molecule has 1 fully saturated rings. The molecule has 4 heteroatoms. The third-order valence-electron chi connectivity index (χ3n) is 5.27. The van der Waals surface area contributed by atoms with Crippen molar-refractivity contribution in [2.75, 3.05) is 26.2 Å². The SMILES string of the molecule is O=C1C(=C(NCCN2CCCCCC2)c2ccccc2)Sc2ccccc21. The summed E-state index contributed by atoms with van der Waals surface area (Å²) in [4.78, 5) is 17.4. The zero-order valence-electron chi connectivity index (χ0n) is 15.6. The summed E-state index contributed by atoms with van der Waals surface area (Å²) in [5, 5.41) is 3.61. The molecule has 0 atom stereocenters. The maximum absolute atomic E-state index is 13.0. The van der Waals surface area contributed by atoms with Crippen molar-refractivity contribution in [1.82, 2.24) is 10.2 Å². The molecule has 0 saturated carbocycles. The van der Waals surface area contributed by atoms with Crippen molar-refractivity contribution >= 4 is 23.2 Å². The fraction of sp³-hybridized carbons (Fsp3) is 0.348. The molecule has 140 valence electrons. The van der Waals surface area contributed by atoms with E-state index in [-0.39, 0.29) is 5.78 Å². The Hall–Kier alpha value is -2.04. The fourth-order valence-electron chi connectivity index (χ4n) is 3.80. The Kier molecular flexibility index (Phi) is 5.95. The van der Waals surface area contributed by atoms with Gasteiger partial charge in [0.2, 0.25) is 5.78 Å². The van der Waals surface area contributed by atoms with Gasteiger partial charge in [-0.15, -0.1) is 0 Å². The lowest BCUT2D eigenvalue weighted by atomic mass is 10.1. The first-order valence-electron chi connectivity index (χ1n) is 9.90. The van der Waals surface area contributed by atoms with Gasteiger partial charge in [0, 0.05) is 23.5 Å². The first-order valence-corrected chi connectivity index (χ1v) is 10.7. The number of allylic oxidation sites excluding steroid dienone is 1.